The molecule has 2 rings (SSSR count). The van der Waals surface area contributed by atoms with Gasteiger partial charge in [-0.3, -0.25) is 9.63 Å². The first-order valence-electron chi connectivity index (χ1n) is 5.42. The third kappa shape index (κ3) is 2.65. The number of amides is 1. The molecule has 4 nitrogen and oxygen atoms in total. The van der Waals surface area contributed by atoms with Gasteiger partial charge < -0.3 is 4.42 Å². The summed E-state index contributed by atoms with van der Waals surface area (Å²) >= 11 is 0. The van der Waals surface area contributed by atoms with Crippen molar-refractivity contribution in [2.24, 2.45) is 0 Å². The van der Waals surface area contributed by atoms with E-state index in [9.17, 15) is 4.79 Å². The predicted molar refractivity (Wildman–Crippen MR) is 64.5 cm³/mol. The molecule has 1 N–H and O–H groups in total. The number of fused-ring (bicyclic) bond motifs is 1. The Morgan fingerprint density at radius 3 is 2.71 bits per heavy atom. The van der Waals surface area contributed by atoms with Crippen LogP contribution in [0, 0.1) is 0 Å². The molecule has 1 heterocycles. The molecule has 1 aromatic carbocycles. The number of carbonyl (C=O) groups excluding carboxylic acids is 1. The third-order valence-corrected chi connectivity index (χ3v) is 2.18. The van der Waals surface area contributed by atoms with E-state index >= 15 is 0 Å². The Hall–Kier alpha value is -1.81. The molecule has 0 radical (unpaired) electrons. The SMILES string of the molecule is CC(C)(C)ONC(=O)c1coc2ccccc12. The van der Waals surface area contributed by atoms with E-state index in [1.165, 1.54) is 6.26 Å². The van der Waals surface area contributed by atoms with Gasteiger partial charge in [-0.25, -0.2) is 5.48 Å². The standard InChI is InChI=1S/C13H15NO3/c1-13(2,3)17-14-12(15)10-8-16-11-7-5-4-6-9(10)11/h4-8H,1-3H3,(H,14,15). The van der Waals surface area contributed by atoms with Crippen molar-refractivity contribution in [1.82, 2.24) is 5.48 Å². The van der Waals surface area contributed by atoms with Gasteiger partial charge in [0.15, 0.2) is 0 Å². The molecule has 0 fully saturated rings. The highest BCUT2D eigenvalue weighted by Crippen LogP contribution is 2.20. The van der Waals surface area contributed by atoms with E-state index in [-0.39, 0.29) is 5.91 Å². The highest BCUT2D eigenvalue weighted by molar-refractivity contribution is 6.05. The maximum absolute atomic E-state index is 11.9. The van der Waals surface area contributed by atoms with Crippen molar-refractivity contribution >= 4 is 16.9 Å². The summed E-state index contributed by atoms with van der Waals surface area (Å²) in [5.41, 5.74) is 3.16. The van der Waals surface area contributed by atoms with Crippen LogP contribution in [0.3, 0.4) is 0 Å². The topological polar surface area (TPSA) is 51.5 Å². The summed E-state index contributed by atoms with van der Waals surface area (Å²) in [7, 11) is 0. The quantitative estimate of drug-likeness (QED) is 0.811. The fourth-order valence-corrected chi connectivity index (χ4v) is 1.41. The molecule has 0 saturated carbocycles. The van der Waals surface area contributed by atoms with E-state index in [1.54, 1.807) is 0 Å². The lowest BCUT2D eigenvalue weighted by molar-refractivity contribution is -0.0589. The van der Waals surface area contributed by atoms with Crippen LogP contribution in [0.5, 0.6) is 0 Å². The van der Waals surface area contributed by atoms with Gasteiger partial charge in [-0.15, -0.1) is 0 Å². The Balaban J connectivity index is 2.20. The summed E-state index contributed by atoms with van der Waals surface area (Å²) in [5, 5.41) is 0.780. The van der Waals surface area contributed by atoms with Crippen molar-refractivity contribution in [2.75, 3.05) is 0 Å². The molecule has 0 spiro atoms. The van der Waals surface area contributed by atoms with E-state index in [0.29, 0.717) is 11.1 Å². The lowest BCUT2D eigenvalue weighted by Gasteiger charge is -2.18. The van der Waals surface area contributed by atoms with Crippen molar-refractivity contribution in [2.45, 2.75) is 26.4 Å². The van der Waals surface area contributed by atoms with E-state index in [4.69, 9.17) is 9.25 Å². The molecule has 1 aromatic heterocycles. The van der Waals surface area contributed by atoms with Gasteiger partial charge in [0.25, 0.3) is 5.91 Å². The molecule has 0 saturated heterocycles. The maximum Gasteiger partial charge on any atom is 0.278 e. The molecule has 0 atom stereocenters. The Bertz CT molecular complexity index is 537. The zero-order valence-corrected chi connectivity index (χ0v) is 10.1. The zero-order chi connectivity index (χ0) is 12.5. The van der Waals surface area contributed by atoms with Gasteiger partial charge in [0, 0.05) is 5.39 Å². The smallest absolute Gasteiger partial charge is 0.278 e. The zero-order valence-electron chi connectivity index (χ0n) is 10.1. The van der Waals surface area contributed by atoms with Crippen LogP contribution >= 0.6 is 0 Å². The first-order chi connectivity index (χ1) is 7.97. The minimum absolute atomic E-state index is 0.301. The second-order valence-corrected chi connectivity index (χ2v) is 4.79. The van der Waals surface area contributed by atoms with Crippen LogP contribution in [-0.4, -0.2) is 11.5 Å². The lowest BCUT2D eigenvalue weighted by Crippen LogP contribution is -2.33. The first kappa shape index (κ1) is 11.7. The minimum Gasteiger partial charge on any atom is -0.463 e. The van der Waals surface area contributed by atoms with Crippen molar-refractivity contribution in [1.29, 1.82) is 0 Å². The Labute approximate surface area is 99.5 Å². The molecule has 0 bridgehead atoms. The second kappa shape index (κ2) is 4.22. The predicted octanol–water partition coefficient (Wildman–Crippen LogP) is 2.89. The van der Waals surface area contributed by atoms with Gasteiger partial charge in [0.05, 0.1) is 11.2 Å². The number of benzene rings is 1. The van der Waals surface area contributed by atoms with Crippen molar-refractivity contribution in [3.63, 3.8) is 0 Å². The van der Waals surface area contributed by atoms with Gasteiger partial charge in [-0.1, -0.05) is 18.2 Å². The Morgan fingerprint density at radius 2 is 2.00 bits per heavy atom. The largest absolute Gasteiger partial charge is 0.463 e. The van der Waals surface area contributed by atoms with Crippen LogP contribution in [0.1, 0.15) is 31.1 Å². The number of hydroxylamine groups is 1. The average molecular weight is 233 g/mol. The molecule has 0 aliphatic heterocycles. The number of furan rings is 1. The van der Waals surface area contributed by atoms with Gasteiger partial charge in [-0.05, 0) is 26.8 Å². The Morgan fingerprint density at radius 1 is 1.29 bits per heavy atom. The number of hydrogen-bond donors (Lipinski definition) is 1. The lowest BCUT2D eigenvalue weighted by atomic mass is 10.2. The molecular formula is C13H15NO3. The molecule has 0 aliphatic carbocycles. The van der Waals surface area contributed by atoms with E-state index in [1.807, 2.05) is 45.0 Å². The first-order valence-corrected chi connectivity index (χ1v) is 5.42. The van der Waals surface area contributed by atoms with Crippen molar-refractivity contribution in [3.8, 4) is 0 Å². The van der Waals surface area contributed by atoms with Gasteiger partial charge >= 0.3 is 0 Å². The fraction of sp³-hybridized carbons (Fsp3) is 0.308. The van der Waals surface area contributed by atoms with Crippen molar-refractivity contribution in [3.05, 3.63) is 36.1 Å². The van der Waals surface area contributed by atoms with E-state index in [0.717, 1.165) is 5.39 Å². The summed E-state index contributed by atoms with van der Waals surface area (Å²) in [6.07, 6.45) is 1.44. The van der Waals surface area contributed by atoms with Crippen LogP contribution in [0.4, 0.5) is 0 Å². The molecule has 2 aromatic rings. The van der Waals surface area contributed by atoms with Gasteiger partial charge in [-0.2, -0.15) is 0 Å². The van der Waals surface area contributed by atoms with Crippen molar-refractivity contribution < 1.29 is 14.0 Å². The highest BCUT2D eigenvalue weighted by Gasteiger charge is 2.17. The normalized spacial score (nSPS) is 11.7. The molecule has 4 heteroatoms. The van der Waals surface area contributed by atoms with Crippen LogP contribution in [0.2, 0.25) is 0 Å². The molecular weight excluding hydrogens is 218 g/mol. The number of hydrogen-bond acceptors (Lipinski definition) is 3. The number of rotatable bonds is 2. The summed E-state index contributed by atoms with van der Waals surface area (Å²) in [6, 6.07) is 7.37. The summed E-state index contributed by atoms with van der Waals surface area (Å²) in [4.78, 5) is 17.1. The number of nitrogens with one attached hydrogen (secondary N) is 1. The van der Waals surface area contributed by atoms with Gasteiger partial charge in [0.1, 0.15) is 11.8 Å². The summed E-state index contributed by atoms with van der Waals surface area (Å²) in [5.74, 6) is -0.301. The van der Waals surface area contributed by atoms with Crippen LogP contribution in [0.25, 0.3) is 11.0 Å². The van der Waals surface area contributed by atoms with Crippen LogP contribution in [-0.2, 0) is 4.84 Å². The second-order valence-electron chi connectivity index (χ2n) is 4.79. The number of para-hydroxylation sites is 1. The molecule has 0 unspecified atom stereocenters. The highest BCUT2D eigenvalue weighted by atomic mass is 16.7. The van der Waals surface area contributed by atoms with E-state index < -0.39 is 5.60 Å². The molecule has 90 valence electrons. The Kier molecular flexibility index (Phi) is 2.90. The number of carbonyl (C=O) groups is 1. The maximum atomic E-state index is 11.9. The molecule has 0 aliphatic rings. The van der Waals surface area contributed by atoms with Gasteiger partial charge in [0.2, 0.25) is 0 Å². The molecule has 1 amide bonds. The summed E-state index contributed by atoms with van der Waals surface area (Å²) < 4.78 is 5.29. The minimum atomic E-state index is -0.421. The average Bonchev–Trinajstić information content (AvgIpc) is 2.68. The molecule has 17 heavy (non-hydrogen) atoms. The van der Waals surface area contributed by atoms with Crippen LogP contribution < -0.4 is 5.48 Å². The third-order valence-electron chi connectivity index (χ3n) is 2.18. The summed E-state index contributed by atoms with van der Waals surface area (Å²) in [6.45, 7) is 5.59. The monoisotopic (exact) mass is 233 g/mol. The fourth-order valence-electron chi connectivity index (χ4n) is 1.41. The van der Waals surface area contributed by atoms with E-state index in [2.05, 4.69) is 5.48 Å². The van der Waals surface area contributed by atoms with Crippen LogP contribution in [0.15, 0.2) is 34.9 Å².